The maximum absolute atomic E-state index is 11.4. The first kappa shape index (κ1) is 10.4. The van der Waals surface area contributed by atoms with Gasteiger partial charge in [0.15, 0.2) is 0 Å². The summed E-state index contributed by atoms with van der Waals surface area (Å²) in [5, 5.41) is 4.10. The van der Waals surface area contributed by atoms with E-state index in [0.717, 1.165) is 5.69 Å². The molecule has 2 rings (SSSR count). The van der Waals surface area contributed by atoms with Crippen molar-refractivity contribution in [3.05, 3.63) is 48.3 Å². The number of esters is 1. The summed E-state index contributed by atoms with van der Waals surface area (Å²) < 4.78 is 6.63. The number of rotatable bonds is 3. The van der Waals surface area contributed by atoms with Crippen LogP contribution in [0.5, 0.6) is 0 Å². The molecular formula is C12H12N2O2. The van der Waals surface area contributed by atoms with Gasteiger partial charge >= 0.3 is 5.97 Å². The molecule has 1 heterocycles. The van der Waals surface area contributed by atoms with Gasteiger partial charge in [0.25, 0.3) is 0 Å². The molecule has 0 saturated heterocycles. The predicted octanol–water partition coefficient (Wildman–Crippen LogP) is 2.05. The van der Waals surface area contributed by atoms with E-state index in [1.54, 1.807) is 29.9 Å². The lowest BCUT2D eigenvalue weighted by molar-refractivity contribution is 0.0526. The van der Waals surface area contributed by atoms with Crippen molar-refractivity contribution in [2.24, 2.45) is 0 Å². The van der Waals surface area contributed by atoms with E-state index in [1.807, 2.05) is 24.4 Å². The molecule has 0 amide bonds. The fourth-order valence-corrected chi connectivity index (χ4v) is 1.39. The molecule has 1 aromatic carbocycles. The SMILES string of the molecule is CCOC(=O)c1ccc(-n2cccn2)cc1. The third kappa shape index (κ3) is 2.11. The van der Waals surface area contributed by atoms with Crippen LogP contribution in [0.15, 0.2) is 42.7 Å². The molecule has 0 aliphatic rings. The molecule has 0 fully saturated rings. The second-order valence-corrected chi connectivity index (χ2v) is 3.22. The van der Waals surface area contributed by atoms with Crippen LogP contribution < -0.4 is 0 Å². The molecule has 4 heteroatoms. The maximum atomic E-state index is 11.4. The van der Waals surface area contributed by atoms with Gasteiger partial charge in [-0.3, -0.25) is 0 Å². The average molecular weight is 216 g/mol. The minimum absolute atomic E-state index is 0.297. The largest absolute Gasteiger partial charge is 0.462 e. The smallest absolute Gasteiger partial charge is 0.338 e. The van der Waals surface area contributed by atoms with Crippen LogP contribution in [0.2, 0.25) is 0 Å². The molecular weight excluding hydrogens is 204 g/mol. The number of aromatic nitrogens is 2. The van der Waals surface area contributed by atoms with E-state index in [-0.39, 0.29) is 5.97 Å². The van der Waals surface area contributed by atoms with Crippen LogP contribution in [0.1, 0.15) is 17.3 Å². The summed E-state index contributed by atoms with van der Waals surface area (Å²) in [6, 6.07) is 8.97. The van der Waals surface area contributed by atoms with Crippen molar-refractivity contribution in [3.8, 4) is 5.69 Å². The lowest BCUT2D eigenvalue weighted by atomic mass is 10.2. The monoisotopic (exact) mass is 216 g/mol. The Hall–Kier alpha value is -2.10. The van der Waals surface area contributed by atoms with Crippen molar-refractivity contribution in [1.82, 2.24) is 9.78 Å². The van der Waals surface area contributed by atoms with Gasteiger partial charge < -0.3 is 4.74 Å². The molecule has 16 heavy (non-hydrogen) atoms. The highest BCUT2D eigenvalue weighted by molar-refractivity contribution is 5.89. The number of hydrogen-bond acceptors (Lipinski definition) is 3. The first-order chi connectivity index (χ1) is 7.81. The maximum Gasteiger partial charge on any atom is 0.338 e. The molecule has 0 radical (unpaired) electrons. The van der Waals surface area contributed by atoms with Crippen molar-refractivity contribution >= 4 is 5.97 Å². The highest BCUT2D eigenvalue weighted by atomic mass is 16.5. The Bertz CT molecular complexity index is 460. The number of nitrogens with zero attached hydrogens (tertiary/aromatic N) is 2. The summed E-state index contributed by atoms with van der Waals surface area (Å²) >= 11 is 0. The Balaban J connectivity index is 2.20. The van der Waals surface area contributed by atoms with Gasteiger partial charge in [0, 0.05) is 12.4 Å². The molecule has 0 spiro atoms. The summed E-state index contributed by atoms with van der Waals surface area (Å²) in [4.78, 5) is 11.4. The number of ether oxygens (including phenoxy) is 1. The van der Waals surface area contributed by atoms with Gasteiger partial charge in [-0.2, -0.15) is 5.10 Å². The van der Waals surface area contributed by atoms with E-state index in [4.69, 9.17) is 4.74 Å². The molecule has 2 aromatic rings. The zero-order valence-electron chi connectivity index (χ0n) is 8.96. The van der Waals surface area contributed by atoms with Gasteiger partial charge in [-0.05, 0) is 37.3 Å². The van der Waals surface area contributed by atoms with Gasteiger partial charge in [-0.15, -0.1) is 0 Å². The molecule has 0 bridgehead atoms. The minimum atomic E-state index is -0.297. The highest BCUT2D eigenvalue weighted by Gasteiger charge is 2.05. The Kier molecular flexibility index (Phi) is 3.00. The Morgan fingerprint density at radius 3 is 2.69 bits per heavy atom. The van der Waals surface area contributed by atoms with Gasteiger partial charge in [-0.25, -0.2) is 9.48 Å². The van der Waals surface area contributed by atoms with Crippen molar-refractivity contribution in [2.45, 2.75) is 6.92 Å². The third-order valence-electron chi connectivity index (χ3n) is 2.15. The van der Waals surface area contributed by atoms with E-state index >= 15 is 0 Å². The molecule has 0 aliphatic heterocycles. The predicted molar refractivity (Wildman–Crippen MR) is 59.5 cm³/mol. The van der Waals surface area contributed by atoms with E-state index in [2.05, 4.69) is 5.10 Å². The lowest BCUT2D eigenvalue weighted by Crippen LogP contribution is -2.04. The first-order valence-corrected chi connectivity index (χ1v) is 5.08. The van der Waals surface area contributed by atoms with Gasteiger partial charge in [0.2, 0.25) is 0 Å². The van der Waals surface area contributed by atoms with Crippen molar-refractivity contribution in [3.63, 3.8) is 0 Å². The van der Waals surface area contributed by atoms with Gasteiger partial charge in [0.1, 0.15) is 0 Å². The van der Waals surface area contributed by atoms with Crippen LogP contribution in [-0.2, 0) is 4.74 Å². The second kappa shape index (κ2) is 4.61. The summed E-state index contributed by atoms with van der Waals surface area (Å²) in [5.41, 5.74) is 1.47. The Labute approximate surface area is 93.5 Å². The molecule has 0 unspecified atom stereocenters. The highest BCUT2D eigenvalue weighted by Crippen LogP contribution is 2.09. The topological polar surface area (TPSA) is 44.1 Å². The quantitative estimate of drug-likeness (QED) is 0.737. The van der Waals surface area contributed by atoms with Crippen LogP contribution in [0, 0.1) is 0 Å². The second-order valence-electron chi connectivity index (χ2n) is 3.22. The molecule has 82 valence electrons. The third-order valence-corrected chi connectivity index (χ3v) is 2.15. The molecule has 0 N–H and O–H groups in total. The number of carbonyl (C=O) groups is 1. The molecule has 4 nitrogen and oxygen atoms in total. The van der Waals surface area contributed by atoms with E-state index < -0.39 is 0 Å². The fraction of sp³-hybridized carbons (Fsp3) is 0.167. The van der Waals surface area contributed by atoms with Crippen LogP contribution >= 0.6 is 0 Å². The van der Waals surface area contributed by atoms with Crippen LogP contribution in [0.4, 0.5) is 0 Å². The van der Waals surface area contributed by atoms with Crippen molar-refractivity contribution < 1.29 is 9.53 Å². The first-order valence-electron chi connectivity index (χ1n) is 5.08. The number of benzene rings is 1. The summed E-state index contributed by atoms with van der Waals surface area (Å²) in [7, 11) is 0. The normalized spacial score (nSPS) is 10.1. The van der Waals surface area contributed by atoms with Crippen molar-refractivity contribution in [2.75, 3.05) is 6.61 Å². The van der Waals surface area contributed by atoms with E-state index in [1.165, 1.54) is 0 Å². The average Bonchev–Trinajstić information content (AvgIpc) is 2.83. The molecule has 0 aliphatic carbocycles. The number of carbonyl (C=O) groups excluding carboxylic acids is 1. The lowest BCUT2D eigenvalue weighted by Gasteiger charge is -2.03. The summed E-state index contributed by atoms with van der Waals surface area (Å²) in [6.07, 6.45) is 3.55. The standard InChI is InChI=1S/C12H12N2O2/c1-2-16-12(15)10-4-6-11(7-5-10)14-9-3-8-13-14/h3-9H,2H2,1H3. The van der Waals surface area contributed by atoms with E-state index in [0.29, 0.717) is 12.2 Å². The van der Waals surface area contributed by atoms with Crippen LogP contribution in [-0.4, -0.2) is 22.4 Å². The zero-order chi connectivity index (χ0) is 11.4. The summed E-state index contributed by atoms with van der Waals surface area (Å²) in [5.74, 6) is -0.297. The molecule has 0 saturated carbocycles. The van der Waals surface area contributed by atoms with Gasteiger partial charge in [-0.1, -0.05) is 0 Å². The van der Waals surface area contributed by atoms with Crippen molar-refractivity contribution in [1.29, 1.82) is 0 Å². The molecule has 1 aromatic heterocycles. The zero-order valence-corrected chi connectivity index (χ0v) is 8.96. The van der Waals surface area contributed by atoms with E-state index in [9.17, 15) is 4.79 Å². The Morgan fingerprint density at radius 2 is 2.12 bits per heavy atom. The van der Waals surface area contributed by atoms with Crippen LogP contribution in [0.3, 0.4) is 0 Å². The summed E-state index contributed by atoms with van der Waals surface area (Å²) in [6.45, 7) is 2.18. The van der Waals surface area contributed by atoms with Gasteiger partial charge in [0.05, 0.1) is 17.9 Å². The molecule has 0 atom stereocenters. The fourth-order valence-electron chi connectivity index (χ4n) is 1.39. The Morgan fingerprint density at radius 1 is 1.38 bits per heavy atom. The number of hydrogen-bond donors (Lipinski definition) is 0. The minimum Gasteiger partial charge on any atom is -0.462 e. The van der Waals surface area contributed by atoms with Crippen LogP contribution in [0.25, 0.3) is 5.69 Å².